The third-order valence-electron chi connectivity index (χ3n) is 3.27. The van der Waals surface area contributed by atoms with Gasteiger partial charge in [0.15, 0.2) is 5.96 Å². The highest BCUT2D eigenvalue weighted by atomic mass is 127. The molecule has 1 aromatic carbocycles. The largest absolute Gasteiger partial charge is 0.357 e. The van der Waals surface area contributed by atoms with E-state index in [0.717, 1.165) is 18.7 Å². The number of rotatable bonds is 7. The lowest BCUT2D eigenvalue weighted by molar-refractivity contribution is -0.114. The van der Waals surface area contributed by atoms with Crippen molar-refractivity contribution in [1.82, 2.24) is 10.6 Å². The van der Waals surface area contributed by atoms with E-state index in [4.69, 9.17) is 6.42 Å². The first-order chi connectivity index (χ1) is 11.4. The van der Waals surface area contributed by atoms with Crippen LogP contribution in [0.3, 0.4) is 0 Å². The lowest BCUT2D eigenvalue weighted by Gasteiger charge is -2.23. The molecular weight excluding hydrogens is 447 g/mol. The molecule has 0 aliphatic rings. The summed E-state index contributed by atoms with van der Waals surface area (Å²) in [5.41, 5.74) is 1.40. The summed E-state index contributed by atoms with van der Waals surface area (Å²) in [6.45, 7) is 7.82. The SMILES string of the molecule is C#Cc1cccc(NC(=O)CN=C(NCC)NCC(C)(C)SC)c1.I. The zero-order chi connectivity index (χ0) is 18.0. The summed E-state index contributed by atoms with van der Waals surface area (Å²) in [6.07, 6.45) is 7.43. The van der Waals surface area contributed by atoms with Crippen LogP contribution in [0.15, 0.2) is 29.3 Å². The molecule has 0 fully saturated rings. The molecule has 0 aliphatic carbocycles. The molecule has 0 saturated carbocycles. The molecule has 25 heavy (non-hydrogen) atoms. The summed E-state index contributed by atoms with van der Waals surface area (Å²) in [5, 5.41) is 9.20. The summed E-state index contributed by atoms with van der Waals surface area (Å²) < 4.78 is 0.0914. The normalized spacial score (nSPS) is 11.1. The molecule has 0 heterocycles. The van der Waals surface area contributed by atoms with Crippen molar-refractivity contribution >= 4 is 53.3 Å². The number of benzene rings is 1. The number of anilines is 1. The highest BCUT2D eigenvalue weighted by Crippen LogP contribution is 2.19. The Hall–Kier alpha value is -1.40. The van der Waals surface area contributed by atoms with Crippen LogP contribution in [0, 0.1) is 12.3 Å². The summed E-state index contributed by atoms with van der Waals surface area (Å²) in [5.74, 6) is 2.99. The number of carbonyl (C=O) groups excluding carboxylic acids is 1. The van der Waals surface area contributed by atoms with Crippen molar-refractivity contribution in [3.05, 3.63) is 29.8 Å². The fourth-order valence-corrected chi connectivity index (χ4v) is 1.97. The van der Waals surface area contributed by atoms with Gasteiger partial charge in [0.25, 0.3) is 0 Å². The maximum Gasteiger partial charge on any atom is 0.246 e. The molecule has 1 aromatic rings. The van der Waals surface area contributed by atoms with Crippen LogP contribution < -0.4 is 16.0 Å². The van der Waals surface area contributed by atoms with Gasteiger partial charge in [-0.2, -0.15) is 11.8 Å². The fraction of sp³-hybridized carbons (Fsp3) is 0.444. The smallest absolute Gasteiger partial charge is 0.246 e. The average molecular weight is 474 g/mol. The van der Waals surface area contributed by atoms with E-state index in [2.05, 4.69) is 47.0 Å². The van der Waals surface area contributed by atoms with Gasteiger partial charge >= 0.3 is 0 Å². The number of guanidine groups is 1. The number of carbonyl (C=O) groups is 1. The first kappa shape index (κ1) is 23.6. The molecule has 0 unspecified atom stereocenters. The Labute approximate surface area is 172 Å². The van der Waals surface area contributed by atoms with Gasteiger partial charge in [0.1, 0.15) is 6.54 Å². The number of terminal acetylenes is 1. The van der Waals surface area contributed by atoms with Crippen LogP contribution in [-0.4, -0.2) is 42.5 Å². The minimum Gasteiger partial charge on any atom is -0.357 e. The van der Waals surface area contributed by atoms with Crippen molar-refractivity contribution in [2.45, 2.75) is 25.5 Å². The maximum atomic E-state index is 12.0. The van der Waals surface area contributed by atoms with Crippen LogP contribution in [-0.2, 0) is 4.79 Å². The van der Waals surface area contributed by atoms with Gasteiger partial charge in [-0.05, 0) is 45.2 Å². The summed E-state index contributed by atoms with van der Waals surface area (Å²) in [6, 6.07) is 7.18. The van der Waals surface area contributed by atoms with Gasteiger partial charge < -0.3 is 16.0 Å². The van der Waals surface area contributed by atoms with Gasteiger partial charge in [0.05, 0.1) is 0 Å². The number of nitrogens with zero attached hydrogens (tertiary/aromatic N) is 1. The van der Waals surface area contributed by atoms with E-state index in [1.165, 1.54) is 0 Å². The Bertz CT molecular complexity index is 626. The summed E-state index contributed by atoms with van der Waals surface area (Å²) in [7, 11) is 0. The molecule has 0 saturated heterocycles. The molecule has 0 aromatic heterocycles. The monoisotopic (exact) mass is 474 g/mol. The van der Waals surface area contributed by atoms with E-state index in [-0.39, 0.29) is 41.2 Å². The van der Waals surface area contributed by atoms with Gasteiger partial charge in [0.2, 0.25) is 5.91 Å². The van der Waals surface area contributed by atoms with Gasteiger partial charge in [-0.3, -0.25) is 4.79 Å². The second-order valence-corrected chi connectivity index (χ2v) is 7.30. The molecule has 0 atom stereocenters. The van der Waals surface area contributed by atoms with Crippen molar-refractivity contribution in [1.29, 1.82) is 0 Å². The first-order valence-corrected chi connectivity index (χ1v) is 9.06. The second kappa shape index (κ2) is 12.0. The molecule has 5 nitrogen and oxygen atoms in total. The van der Waals surface area contributed by atoms with Crippen molar-refractivity contribution in [2.24, 2.45) is 4.99 Å². The lowest BCUT2D eigenvalue weighted by atomic mass is 10.2. The summed E-state index contributed by atoms with van der Waals surface area (Å²) in [4.78, 5) is 16.4. The fourth-order valence-electron chi connectivity index (χ4n) is 1.75. The Balaban J connectivity index is 0.00000576. The van der Waals surface area contributed by atoms with E-state index >= 15 is 0 Å². The summed E-state index contributed by atoms with van der Waals surface area (Å²) >= 11 is 1.78. The number of amides is 1. The molecule has 0 spiro atoms. The molecule has 1 amide bonds. The van der Waals surface area contributed by atoms with Crippen molar-refractivity contribution in [3.8, 4) is 12.3 Å². The number of thioether (sulfide) groups is 1. The van der Waals surface area contributed by atoms with Crippen LogP contribution in [0.4, 0.5) is 5.69 Å². The highest BCUT2D eigenvalue weighted by molar-refractivity contribution is 14.0. The predicted octanol–water partition coefficient (Wildman–Crippen LogP) is 2.92. The van der Waals surface area contributed by atoms with Crippen molar-refractivity contribution in [3.63, 3.8) is 0 Å². The van der Waals surface area contributed by atoms with Crippen LogP contribution in [0.5, 0.6) is 0 Å². The third-order valence-corrected chi connectivity index (χ3v) is 4.52. The van der Waals surface area contributed by atoms with Gasteiger partial charge in [-0.15, -0.1) is 30.4 Å². The number of halogens is 1. The van der Waals surface area contributed by atoms with Crippen molar-refractivity contribution < 1.29 is 4.79 Å². The minimum absolute atomic E-state index is 0. The molecule has 138 valence electrons. The van der Waals surface area contributed by atoms with Gasteiger partial charge in [-0.1, -0.05) is 12.0 Å². The van der Waals surface area contributed by atoms with Crippen LogP contribution in [0.25, 0.3) is 0 Å². The van der Waals surface area contributed by atoms with E-state index < -0.39 is 0 Å². The van der Waals surface area contributed by atoms with Crippen molar-refractivity contribution in [2.75, 3.05) is 31.2 Å². The average Bonchev–Trinajstić information content (AvgIpc) is 2.57. The quantitative estimate of drug-likeness (QED) is 0.246. The molecule has 0 radical (unpaired) electrons. The zero-order valence-electron chi connectivity index (χ0n) is 15.2. The highest BCUT2D eigenvalue weighted by Gasteiger charge is 2.16. The Morgan fingerprint density at radius 3 is 2.68 bits per heavy atom. The molecule has 1 rings (SSSR count). The Kier molecular flexibility index (Phi) is 11.4. The minimum atomic E-state index is -0.189. The Morgan fingerprint density at radius 2 is 2.08 bits per heavy atom. The van der Waals surface area contributed by atoms with Crippen LogP contribution in [0.1, 0.15) is 26.3 Å². The second-order valence-electron chi connectivity index (χ2n) is 5.79. The number of hydrogen-bond donors (Lipinski definition) is 3. The van der Waals surface area contributed by atoms with Crippen LogP contribution >= 0.6 is 35.7 Å². The molecular formula is C18H27IN4OS. The van der Waals surface area contributed by atoms with Gasteiger partial charge in [-0.25, -0.2) is 4.99 Å². The van der Waals surface area contributed by atoms with Gasteiger partial charge in [0, 0.05) is 29.1 Å². The third kappa shape index (κ3) is 9.60. The molecule has 0 bridgehead atoms. The number of hydrogen-bond acceptors (Lipinski definition) is 3. The van der Waals surface area contributed by atoms with E-state index in [1.54, 1.807) is 23.9 Å². The standard InChI is InChI=1S/C18H26N4OS.HI/c1-6-14-9-8-10-15(11-14)22-16(23)12-20-17(19-7-2)21-13-18(3,4)24-5;/h1,8-11H,7,12-13H2,2-5H3,(H,22,23)(H2,19,20,21);1H. The topological polar surface area (TPSA) is 65.5 Å². The number of nitrogens with one attached hydrogen (secondary N) is 3. The maximum absolute atomic E-state index is 12.0. The van der Waals surface area contributed by atoms with E-state index in [9.17, 15) is 4.79 Å². The molecule has 3 N–H and O–H groups in total. The first-order valence-electron chi connectivity index (χ1n) is 7.84. The zero-order valence-corrected chi connectivity index (χ0v) is 18.3. The Morgan fingerprint density at radius 1 is 1.36 bits per heavy atom. The molecule has 7 heteroatoms. The number of aliphatic imine (C=N–C) groups is 1. The predicted molar refractivity (Wildman–Crippen MR) is 120 cm³/mol. The van der Waals surface area contributed by atoms with E-state index in [1.807, 2.05) is 19.1 Å². The van der Waals surface area contributed by atoms with E-state index in [0.29, 0.717) is 11.6 Å². The molecule has 0 aliphatic heterocycles. The lowest BCUT2D eigenvalue weighted by Crippen LogP contribution is -2.43. The van der Waals surface area contributed by atoms with Crippen LogP contribution in [0.2, 0.25) is 0 Å².